The Balaban J connectivity index is 1.20. The molecular weight excluding hydrogens is 490 g/mol. The number of rotatable bonds is 10. The molecule has 3 heterocycles. The van der Waals surface area contributed by atoms with Gasteiger partial charge in [-0.2, -0.15) is 10.5 Å². The van der Waals surface area contributed by atoms with Gasteiger partial charge in [0.05, 0.1) is 29.4 Å². The molecule has 1 aliphatic rings. The molecule has 0 N–H and O–H groups in total. The van der Waals surface area contributed by atoms with Gasteiger partial charge in [-0.1, -0.05) is 17.3 Å². The maximum Gasteiger partial charge on any atom is 0.203 e. The number of nitriles is 2. The first kappa shape index (κ1) is 26.5. The molecule has 39 heavy (non-hydrogen) atoms. The molecule has 1 fully saturated rings. The van der Waals surface area contributed by atoms with Crippen LogP contribution in [-0.2, 0) is 26.1 Å². The molecule has 5 rings (SSSR count). The first-order chi connectivity index (χ1) is 19.0. The molecule has 0 spiro atoms. The SMILES string of the molecule is CN(C)Cc1c(OCc2ccc(C#N)cc2)ccc2c(CCC3CCN(Cc4ccc(C#N)o4)CC3)noc12. The predicted octanol–water partition coefficient (Wildman–Crippen LogP) is 5.65. The van der Waals surface area contributed by atoms with E-state index < -0.39 is 0 Å². The molecule has 1 saturated heterocycles. The number of piperidine rings is 1. The number of ether oxygens (including phenoxy) is 1. The molecule has 0 unspecified atom stereocenters. The summed E-state index contributed by atoms with van der Waals surface area (Å²) in [5.74, 6) is 2.66. The summed E-state index contributed by atoms with van der Waals surface area (Å²) in [5.41, 5.74) is 4.44. The molecule has 8 nitrogen and oxygen atoms in total. The number of fused-ring (bicyclic) bond motifs is 1. The van der Waals surface area contributed by atoms with Gasteiger partial charge < -0.3 is 18.6 Å². The zero-order valence-corrected chi connectivity index (χ0v) is 22.5. The topological polar surface area (TPSA) is 102 Å². The summed E-state index contributed by atoms with van der Waals surface area (Å²) in [4.78, 5) is 4.50. The Morgan fingerprint density at radius 2 is 1.82 bits per heavy atom. The number of nitrogens with zero attached hydrogens (tertiary/aromatic N) is 5. The lowest BCUT2D eigenvalue weighted by atomic mass is 9.91. The van der Waals surface area contributed by atoms with Crippen LogP contribution in [0, 0.1) is 28.6 Å². The first-order valence-corrected chi connectivity index (χ1v) is 13.4. The molecule has 8 heteroatoms. The summed E-state index contributed by atoms with van der Waals surface area (Å²) >= 11 is 0. The van der Waals surface area contributed by atoms with E-state index in [0.29, 0.717) is 30.4 Å². The third-order valence-electron chi connectivity index (χ3n) is 7.38. The first-order valence-electron chi connectivity index (χ1n) is 13.4. The van der Waals surface area contributed by atoms with Crippen molar-refractivity contribution in [2.75, 3.05) is 27.2 Å². The van der Waals surface area contributed by atoms with Crippen molar-refractivity contribution in [3.63, 3.8) is 0 Å². The monoisotopic (exact) mass is 523 g/mol. The maximum absolute atomic E-state index is 9.02. The second-order valence-electron chi connectivity index (χ2n) is 10.5. The number of aromatic nitrogens is 1. The summed E-state index contributed by atoms with van der Waals surface area (Å²) in [7, 11) is 4.06. The highest BCUT2D eigenvalue weighted by Crippen LogP contribution is 2.33. The van der Waals surface area contributed by atoms with Crippen LogP contribution in [-0.4, -0.2) is 42.1 Å². The zero-order chi connectivity index (χ0) is 27.2. The average molecular weight is 524 g/mol. The molecule has 0 saturated carbocycles. The molecule has 2 aromatic heterocycles. The van der Waals surface area contributed by atoms with Crippen LogP contribution in [0.15, 0.2) is 57.5 Å². The lowest BCUT2D eigenvalue weighted by Crippen LogP contribution is -2.33. The molecule has 200 valence electrons. The Bertz CT molecular complexity index is 1480. The fraction of sp³-hybridized carbons (Fsp3) is 0.387. The Hall–Kier alpha value is -4.11. The van der Waals surface area contributed by atoms with Crippen LogP contribution < -0.4 is 4.74 Å². The number of furan rings is 1. The number of likely N-dealkylation sites (tertiary alicyclic amines) is 1. The van der Waals surface area contributed by atoms with Crippen molar-refractivity contribution in [1.29, 1.82) is 10.5 Å². The van der Waals surface area contributed by atoms with Gasteiger partial charge in [-0.25, -0.2) is 0 Å². The summed E-state index contributed by atoms with van der Waals surface area (Å²) in [6.45, 7) is 3.90. The number of hydrogen-bond acceptors (Lipinski definition) is 8. The van der Waals surface area contributed by atoms with E-state index in [4.69, 9.17) is 24.2 Å². The van der Waals surface area contributed by atoms with Gasteiger partial charge in [-0.3, -0.25) is 4.90 Å². The van der Waals surface area contributed by atoms with Crippen LogP contribution in [0.5, 0.6) is 5.75 Å². The van der Waals surface area contributed by atoms with Crippen LogP contribution in [0.1, 0.15) is 53.2 Å². The Kier molecular flexibility index (Phi) is 8.27. The highest BCUT2D eigenvalue weighted by atomic mass is 16.5. The van der Waals surface area contributed by atoms with Crippen LogP contribution in [0.4, 0.5) is 0 Å². The van der Waals surface area contributed by atoms with Gasteiger partial charge in [0.2, 0.25) is 5.76 Å². The van der Waals surface area contributed by atoms with E-state index in [9.17, 15) is 0 Å². The van der Waals surface area contributed by atoms with Gasteiger partial charge in [-0.15, -0.1) is 0 Å². The van der Waals surface area contributed by atoms with Gasteiger partial charge >= 0.3 is 0 Å². The molecule has 2 aromatic carbocycles. The zero-order valence-electron chi connectivity index (χ0n) is 22.5. The van der Waals surface area contributed by atoms with Gasteiger partial charge in [0.1, 0.15) is 24.2 Å². The van der Waals surface area contributed by atoms with Gasteiger partial charge in [0.15, 0.2) is 5.58 Å². The quantitative estimate of drug-likeness (QED) is 0.263. The summed E-state index contributed by atoms with van der Waals surface area (Å²) in [6, 6.07) is 19.4. The number of benzene rings is 2. The van der Waals surface area contributed by atoms with E-state index in [1.165, 1.54) is 0 Å². The molecule has 0 aliphatic carbocycles. The fourth-order valence-corrected chi connectivity index (χ4v) is 5.23. The summed E-state index contributed by atoms with van der Waals surface area (Å²) in [6.07, 6.45) is 4.24. The highest BCUT2D eigenvalue weighted by molar-refractivity contribution is 5.84. The third-order valence-corrected chi connectivity index (χ3v) is 7.38. The predicted molar refractivity (Wildman–Crippen MR) is 147 cm³/mol. The van der Waals surface area contributed by atoms with E-state index in [2.05, 4.69) is 27.1 Å². The van der Waals surface area contributed by atoms with Crippen molar-refractivity contribution >= 4 is 11.0 Å². The minimum absolute atomic E-state index is 0.374. The largest absolute Gasteiger partial charge is 0.488 e. The second-order valence-corrected chi connectivity index (χ2v) is 10.5. The summed E-state index contributed by atoms with van der Waals surface area (Å²) in [5, 5.41) is 23.5. The Labute approximate surface area is 229 Å². The van der Waals surface area contributed by atoms with Crippen molar-refractivity contribution in [2.24, 2.45) is 5.92 Å². The standard InChI is InChI=1S/C31H33N5O3/c1-35(2)20-28-30(37-21-24-5-3-23(17-32)4-6-24)12-10-27-29(34-39-31(27)28)11-7-22-13-15-36(16-14-22)19-26-9-8-25(18-33)38-26/h3-6,8-10,12,22H,7,11,13-16,19-21H2,1-2H3. The molecule has 1 aliphatic heterocycles. The average Bonchev–Trinajstić information content (AvgIpc) is 3.59. The molecule has 0 amide bonds. The highest BCUT2D eigenvalue weighted by Gasteiger charge is 2.22. The lowest BCUT2D eigenvalue weighted by molar-refractivity contribution is 0.162. The number of hydrogen-bond donors (Lipinski definition) is 0. The van der Waals surface area contributed by atoms with Crippen LogP contribution in [0.25, 0.3) is 11.0 Å². The van der Waals surface area contributed by atoms with Crippen molar-refractivity contribution in [3.05, 3.63) is 82.4 Å². The van der Waals surface area contributed by atoms with Gasteiger partial charge in [-0.05, 0) is 101 Å². The van der Waals surface area contributed by atoms with E-state index in [1.807, 2.05) is 44.4 Å². The second kappa shape index (κ2) is 12.2. The van der Waals surface area contributed by atoms with Crippen LogP contribution >= 0.6 is 0 Å². The van der Waals surface area contributed by atoms with Crippen molar-refractivity contribution in [3.8, 4) is 17.9 Å². The molecule has 0 atom stereocenters. The van der Waals surface area contributed by atoms with Gasteiger partial charge in [0, 0.05) is 11.9 Å². The van der Waals surface area contributed by atoms with Crippen molar-refractivity contribution < 1.29 is 13.7 Å². The minimum Gasteiger partial charge on any atom is -0.488 e. The van der Waals surface area contributed by atoms with Gasteiger partial charge in [0.25, 0.3) is 0 Å². The van der Waals surface area contributed by atoms with Crippen molar-refractivity contribution in [1.82, 2.24) is 15.0 Å². The van der Waals surface area contributed by atoms with E-state index in [1.54, 1.807) is 18.2 Å². The van der Waals surface area contributed by atoms with E-state index in [0.717, 1.165) is 84.6 Å². The smallest absolute Gasteiger partial charge is 0.203 e. The third kappa shape index (κ3) is 6.49. The number of aryl methyl sites for hydroxylation is 1. The van der Waals surface area contributed by atoms with Crippen LogP contribution in [0.3, 0.4) is 0 Å². The van der Waals surface area contributed by atoms with E-state index in [-0.39, 0.29) is 0 Å². The molecular formula is C31H33N5O3. The van der Waals surface area contributed by atoms with Crippen molar-refractivity contribution in [2.45, 2.75) is 45.4 Å². The molecule has 0 radical (unpaired) electrons. The summed E-state index contributed by atoms with van der Waals surface area (Å²) < 4.78 is 17.7. The lowest BCUT2D eigenvalue weighted by Gasteiger charge is -2.31. The molecule has 4 aromatic rings. The fourth-order valence-electron chi connectivity index (χ4n) is 5.23. The minimum atomic E-state index is 0.374. The van der Waals surface area contributed by atoms with Crippen LogP contribution in [0.2, 0.25) is 0 Å². The normalized spacial score (nSPS) is 14.5. The Morgan fingerprint density at radius 3 is 2.51 bits per heavy atom. The van der Waals surface area contributed by atoms with E-state index >= 15 is 0 Å². The Morgan fingerprint density at radius 1 is 1.03 bits per heavy atom. The molecule has 0 bridgehead atoms. The maximum atomic E-state index is 9.02.